The largest absolute Gasteiger partial charge is 0.454 e. The summed E-state index contributed by atoms with van der Waals surface area (Å²) in [6.45, 7) is 13.8. The molecule has 1 aliphatic carbocycles. The van der Waals surface area contributed by atoms with E-state index < -0.39 is 5.41 Å². The van der Waals surface area contributed by atoms with Crippen LogP contribution in [0, 0.1) is 0 Å². The lowest BCUT2D eigenvalue weighted by atomic mass is 9.67. The first-order chi connectivity index (χ1) is 35.4. The van der Waals surface area contributed by atoms with Crippen LogP contribution in [-0.2, 0) is 16.2 Å². The highest BCUT2D eigenvalue weighted by Gasteiger charge is 2.47. The van der Waals surface area contributed by atoms with E-state index in [-0.39, 0.29) is 10.8 Å². The number of furan rings is 1. The zero-order chi connectivity index (χ0) is 49.6. The van der Waals surface area contributed by atoms with Crippen molar-refractivity contribution >= 4 is 60.5 Å². The van der Waals surface area contributed by atoms with Gasteiger partial charge >= 0.3 is 0 Å². The minimum absolute atomic E-state index is 0.0176. The van der Waals surface area contributed by atoms with Crippen LogP contribution < -0.4 is 4.90 Å². The van der Waals surface area contributed by atoms with E-state index in [0.717, 1.165) is 44.6 Å². The van der Waals surface area contributed by atoms with Gasteiger partial charge in [-0.3, -0.25) is 0 Å². The molecule has 1 aromatic heterocycles. The van der Waals surface area contributed by atoms with Gasteiger partial charge in [0.05, 0.1) is 16.8 Å². The van der Waals surface area contributed by atoms with Crippen molar-refractivity contribution in [2.75, 3.05) is 4.90 Å². The Balaban J connectivity index is 0.986. The number of benzene rings is 11. The number of para-hydroxylation sites is 2. The van der Waals surface area contributed by atoms with Gasteiger partial charge in [-0.25, -0.2) is 0 Å². The topological polar surface area (TPSA) is 16.4 Å². The molecule has 73 heavy (non-hydrogen) atoms. The predicted molar refractivity (Wildman–Crippen MR) is 309 cm³/mol. The van der Waals surface area contributed by atoms with Gasteiger partial charge in [0, 0.05) is 22.0 Å². The van der Waals surface area contributed by atoms with Crippen molar-refractivity contribution in [1.82, 2.24) is 0 Å². The van der Waals surface area contributed by atoms with Gasteiger partial charge in [-0.05, 0) is 142 Å². The molecule has 0 fully saturated rings. The van der Waals surface area contributed by atoms with Gasteiger partial charge in [0.1, 0.15) is 5.58 Å². The Morgan fingerprint density at radius 1 is 0.370 bits per heavy atom. The highest BCUT2D eigenvalue weighted by molar-refractivity contribution is 6.11. The second-order valence-corrected chi connectivity index (χ2v) is 22.1. The first kappa shape index (κ1) is 44.5. The van der Waals surface area contributed by atoms with Crippen LogP contribution in [0.1, 0.15) is 74.9 Å². The van der Waals surface area contributed by atoms with Crippen molar-refractivity contribution in [2.45, 2.75) is 57.8 Å². The smallest absolute Gasteiger partial charge is 0.159 e. The summed E-state index contributed by atoms with van der Waals surface area (Å²) in [4.78, 5) is 2.44. The molecule has 2 heteroatoms. The fourth-order valence-corrected chi connectivity index (χ4v) is 11.8. The second-order valence-electron chi connectivity index (χ2n) is 22.1. The van der Waals surface area contributed by atoms with E-state index in [0.29, 0.717) is 0 Å². The Hall–Kier alpha value is -8.46. The SMILES string of the molecule is CC(C)(C)c1ccc(C2(c3ccc(C(C)(C)C)cc3)c3ccccc3-c3c(N(c4ccc(-c5ccc6cc(-c7ccc8ccccc8c7)ccc6c5)cc4)c4cccc5c4oc4ccccc45)cccc32)cc1. The zero-order valence-corrected chi connectivity index (χ0v) is 42.4. The first-order valence-corrected chi connectivity index (χ1v) is 25.7. The van der Waals surface area contributed by atoms with E-state index >= 15 is 0 Å². The average molecular weight is 940 g/mol. The van der Waals surface area contributed by atoms with Gasteiger partial charge in [-0.2, -0.15) is 0 Å². The number of anilines is 3. The van der Waals surface area contributed by atoms with Gasteiger partial charge in [0.2, 0.25) is 0 Å². The number of hydrogen-bond donors (Lipinski definition) is 0. The van der Waals surface area contributed by atoms with Crippen molar-refractivity contribution < 1.29 is 4.42 Å². The lowest BCUT2D eigenvalue weighted by Gasteiger charge is -2.35. The second kappa shape index (κ2) is 16.8. The molecule has 0 N–H and O–H groups in total. The fourth-order valence-electron chi connectivity index (χ4n) is 11.8. The summed E-state index contributed by atoms with van der Waals surface area (Å²) in [5, 5.41) is 7.15. The van der Waals surface area contributed by atoms with E-state index in [2.05, 4.69) is 283 Å². The molecular formula is C71H57NO. The summed E-state index contributed by atoms with van der Waals surface area (Å²) < 4.78 is 6.90. The quantitative estimate of drug-likeness (QED) is 0.158. The van der Waals surface area contributed by atoms with Crippen molar-refractivity contribution in [3.05, 3.63) is 270 Å². The summed E-state index contributed by atoms with van der Waals surface area (Å²) >= 11 is 0. The molecule has 0 bridgehead atoms. The summed E-state index contributed by atoms with van der Waals surface area (Å²) in [5.41, 5.74) is 19.2. The van der Waals surface area contributed by atoms with E-state index in [4.69, 9.17) is 4.42 Å². The molecule has 13 rings (SSSR count). The molecule has 0 atom stereocenters. The number of fused-ring (bicyclic) bond motifs is 8. The Kier molecular flexibility index (Phi) is 10.3. The van der Waals surface area contributed by atoms with Crippen molar-refractivity contribution in [3.8, 4) is 33.4 Å². The molecule has 0 saturated heterocycles. The fraction of sp³-hybridized carbons (Fsp3) is 0.127. The molecule has 0 unspecified atom stereocenters. The van der Waals surface area contributed by atoms with Gasteiger partial charge in [-0.15, -0.1) is 0 Å². The van der Waals surface area contributed by atoms with Crippen LogP contribution in [0.25, 0.3) is 76.9 Å². The minimum Gasteiger partial charge on any atom is -0.454 e. The first-order valence-electron chi connectivity index (χ1n) is 25.7. The molecule has 0 saturated carbocycles. The maximum Gasteiger partial charge on any atom is 0.159 e. The van der Waals surface area contributed by atoms with Crippen molar-refractivity contribution in [2.24, 2.45) is 0 Å². The molecule has 1 aliphatic rings. The Bertz CT molecular complexity index is 4030. The van der Waals surface area contributed by atoms with Gasteiger partial charge in [0.15, 0.2) is 5.58 Å². The highest BCUT2D eigenvalue weighted by Crippen LogP contribution is 2.60. The number of rotatable bonds is 7. The molecule has 0 aliphatic heterocycles. The highest BCUT2D eigenvalue weighted by atomic mass is 16.3. The maximum absolute atomic E-state index is 6.90. The molecule has 0 spiro atoms. The average Bonchev–Trinajstić information content (AvgIpc) is 3.96. The van der Waals surface area contributed by atoms with Crippen LogP contribution in [0.3, 0.4) is 0 Å². The minimum atomic E-state index is -0.595. The number of nitrogens with zero attached hydrogens (tertiary/aromatic N) is 1. The number of hydrogen-bond acceptors (Lipinski definition) is 2. The predicted octanol–water partition coefficient (Wildman–Crippen LogP) is 19.7. The zero-order valence-electron chi connectivity index (χ0n) is 42.4. The summed E-state index contributed by atoms with van der Waals surface area (Å²) in [7, 11) is 0. The monoisotopic (exact) mass is 939 g/mol. The molecule has 0 amide bonds. The molecule has 0 radical (unpaired) electrons. The van der Waals surface area contributed by atoms with Gasteiger partial charge in [0.25, 0.3) is 0 Å². The molecule has 11 aromatic carbocycles. The third kappa shape index (κ3) is 7.30. The summed E-state index contributed by atoms with van der Waals surface area (Å²) in [6.07, 6.45) is 0. The van der Waals surface area contributed by atoms with E-state index in [9.17, 15) is 0 Å². The van der Waals surface area contributed by atoms with Crippen LogP contribution >= 0.6 is 0 Å². The van der Waals surface area contributed by atoms with Crippen molar-refractivity contribution in [3.63, 3.8) is 0 Å². The van der Waals surface area contributed by atoms with Crippen LogP contribution in [0.2, 0.25) is 0 Å². The van der Waals surface area contributed by atoms with Crippen LogP contribution in [0.4, 0.5) is 17.1 Å². The maximum atomic E-state index is 6.90. The molecule has 12 aromatic rings. The Labute approximate surface area is 428 Å². The van der Waals surface area contributed by atoms with Gasteiger partial charge in [-0.1, -0.05) is 230 Å². The summed E-state index contributed by atoms with van der Waals surface area (Å²) in [6, 6.07) is 88.1. The molecule has 2 nitrogen and oxygen atoms in total. The lowest BCUT2D eigenvalue weighted by molar-refractivity contribution is 0.588. The van der Waals surface area contributed by atoms with Crippen LogP contribution in [0.5, 0.6) is 0 Å². The van der Waals surface area contributed by atoms with Gasteiger partial charge < -0.3 is 9.32 Å². The van der Waals surface area contributed by atoms with Crippen LogP contribution in [0.15, 0.2) is 241 Å². The standard InChI is InChI=1S/C71H57NO/c1-69(2,3)54-33-37-56(38-34-54)71(57-39-35-55(36-40-57)70(4,5)6)62-20-11-9-18-61(62)67-63(71)21-14-22-64(67)72(65-23-13-19-60-59-17-10-12-24-66(59)73-68(60)65)58-41-31-47(32-42-58)49-27-28-52-45-53(30-29-51(52)44-49)50-26-25-46-15-7-8-16-48(46)43-50/h7-45H,1-6H3. The third-order valence-corrected chi connectivity index (χ3v) is 15.7. The van der Waals surface area contributed by atoms with E-state index in [1.54, 1.807) is 0 Å². The molecule has 1 heterocycles. The summed E-state index contributed by atoms with van der Waals surface area (Å²) in [5.74, 6) is 0. The third-order valence-electron chi connectivity index (χ3n) is 15.7. The van der Waals surface area contributed by atoms with E-state index in [1.165, 1.54) is 82.7 Å². The normalized spacial score (nSPS) is 13.2. The van der Waals surface area contributed by atoms with E-state index in [1.807, 2.05) is 0 Å². The van der Waals surface area contributed by atoms with Crippen LogP contribution in [-0.4, -0.2) is 0 Å². The van der Waals surface area contributed by atoms with Crippen molar-refractivity contribution in [1.29, 1.82) is 0 Å². The Morgan fingerprint density at radius 2 is 0.849 bits per heavy atom. The lowest BCUT2D eigenvalue weighted by Crippen LogP contribution is -2.29. The Morgan fingerprint density at radius 3 is 1.49 bits per heavy atom. The molecular weight excluding hydrogens is 883 g/mol. The molecule has 352 valence electrons.